The Bertz CT molecular complexity index is 194. The van der Waals surface area contributed by atoms with Crippen LogP contribution in [0.15, 0.2) is 0 Å². The summed E-state index contributed by atoms with van der Waals surface area (Å²) in [6, 6.07) is 0.419. The van der Waals surface area contributed by atoms with Gasteiger partial charge in [-0.25, -0.2) is 0 Å². The van der Waals surface area contributed by atoms with E-state index in [1.165, 1.54) is 0 Å². The molecule has 0 radical (unpaired) electrons. The molecule has 0 fully saturated rings. The lowest BCUT2D eigenvalue weighted by atomic mass is 10.1. The second kappa shape index (κ2) is 9.17. The molecule has 0 spiro atoms. The van der Waals surface area contributed by atoms with Gasteiger partial charge in [-0.05, 0) is 32.2 Å². The first kappa shape index (κ1) is 16.1. The van der Waals surface area contributed by atoms with E-state index in [4.69, 9.17) is 0 Å². The lowest BCUT2D eigenvalue weighted by Crippen LogP contribution is -2.40. The van der Waals surface area contributed by atoms with E-state index in [0.29, 0.717) is 17.2 Å². The highest BCUT2D eigenvalue weighted by molar-refractivity contribution is 7.85. The molecular formula is C13H29NOS. The van der Waals surface area contributed by atoms with Crippen LogP contribution in [0, 0.1) is 5.92 Å². The summed E-state index contributed by atoms with van der Waals surface area (Å²) in [6.07, 6.45) is 4.37. The van der Waals surface area contributed by atoms with Crippen molar-refractivity contribution >= 4 is 10.8 Å². The molecule has 1 N–H and O–H groups in total. The highest BCUT2D eigenvalue weighted by Gasteiger charge is 2.23. The summed E-state index contributed by atoms with van der Waals surface area (Å²) < 4.78 is 12.2. The second-order valence-electron chi connectivity index (χ2n) is 4.90. The fourth-order valence-electron chi connectivity index (χ4n) is 1.98. The summed E-state index contributed by atoms with van der Waals surface area (Å²) in [5, 5.41) is 3.65. The molecule has 3 atom stereocenters. The molecule has 2 nitrogen and oxygen atoms in total. The lowest BCUT2D eigenvalue weighted by molar-refractivity contribution is 0.479. The van der Waals surface area contributed by atoms with Crippen LogP contribution in [0.3, 0.4) is 0 Å². The zero-order valence-electron chi connectivity index (χ0n) is 11.6. The third-order valence-corrected chi connectivity index (χ3v) is 5.03. The van der Waals surface area contributed by atoms with Gasteiger partial charge in [-0.15, -0.1) is 0 Å². The van der Waals surface area contributed by atoms with Crippen LogP contribution in [0.4, 0.5) is 0 Å². The van der Waals surface area contributed by atoms with Crippen LogP contribution < -0.4 is 5.32 Å². The van der Waals surface area contributed by atoms with Crippen LogP contribution in [-0.4, -0.2) is 28.3 Å². The Balaban J connectivity index is 4.27. The number of hydrogen-bond donors (Lipinski definition) is 1. The van der Waals surface area contributed by atoms with Crippen molar-refractivity contribution in [2.75, 3.05) is 12.8 Å². The number of rotatable bonds is 9. The van der Waals surface area contributed by atoms with Gasteiger partial charge in [0.1, 0.15) is 0 Å². The molecule has 0 aliphatic carbocycles. The van der Waals surface area contributed by atoms with Crippen LogP contribution in [0.1, 0.15) is 53.4 Å². The Kier molecular flexibility index (Phi) is 9.24. The van der Waals surface area contributed by atoms with Crippen molar-refractivity contribution < 1.29 is 4.21 Å². The summed E-state index contributed by atoms with van der Waals surface area (Å²) in [4.78, 5) is 0. The zero-order chi connectivity index (χ0) is 12.6. The van der Waals surface area contributed by atoms with Crippen molar-refractivity contribution in [2.24, 2.45) is 5.92 Å². The molecule has 0 rings (SSSR count). The normalized spacial score (nSPS) is 17.4. The summed E-state index contributed by atoms with van der Waals surface area (Å²) in [6.45, 7) is 8.73. The maximum Gasteiger partial charge on any atom is 0.0498 e. The molecule has 0 heterocycles. The Hall–Kier alpha value is 0.110. The van der Waals surface area contributed by atoms with Crippen molar-refractivity contribution in [3.63, 3.8) is 0 Å². The van der Waals surface area contributed by atoms with E-state index < -0.39 is 10.8 Å². The monoisotopic (exact) mass is 247 g/mol. The molecule has 16 heavy (non-hydrogen) atoms. The van der Waals surface area contributed by atoms with E-state index >= 15 is 0 Å². The summed E-state index contributed by atoms with van der Waals surface area (Å²) in [5.74, 6) is 1.51. The fourth-order valence-corrected chi connectivity index (χ4v) is 4.00. The Morgan fingerprint density at radius 3 is 2.19 bits per heavy atom. The molecule has 0 aromatic carbocycles. The van der Waals surface area contributed by atoms with E-state index in [1.54, 1.807) is 0 Å². The first-order valence-electron chi connectivity index (χ1n) is 6.61. The minimum absolute atomic E-state index is 0.323. The Morgan fingerprint density at radius 1 is 1.19 bits per heavy atom. The molecule has 0 saturated heterocycles. The highest BCUT2D eigenvalue weighted by atomic mass is 32.2. The van der Waals surface area contributed by atoms with Gasteiger partial charge in [-0.1, -0.05) is 34.1 Å². The lowest BCUT2D eigenvalue weighted by Gasteiger charge is -2.25. The van der Waals surface area contributed by atoms with Gasteiger partial charge in [0.15, 0.2) is 0 Å². The van der Waals surface area contributed by atoms with Crippen LogP contribution in [0.25, 0.3) is 0 Å². The van der Waals surface area contributed by atoms with Gasteiger partial charge in [0.25, 0.3) is 0 Å². The first-order chi connectivity index (χ1) is 7.56. The maximum atomic E-state index is 12.2. The van der Waals surface area contributed by atoms with Crippen molar-refractivity contribution in [2.45, 2.75) is 64.7 Å². The quantitative estimate of drug-likeness (QED) is 0.679. The zero-order valence-corrected chi connectivity index (χ0v) is 12.4. The van der Waals surface area contributed by atoms with Crippen molar-refractivity contribution in [1.82, 2.24) is 5.32 Å². The van der Waals surface area contributed by atoms with Gasteiger partial charge >= 0.3 is 0 Å². The average Bonchev–Trinajstić information content (AvgIpc) is 2.26. The molecule has 0 aliphatic heterocycles. The fraction of sp³-hybridized carbons (Fsp3) is 1.00. The van der Waals surface area contributed by atoms with Gasteiger partial charge < -0.3 is 5.32 Å². The standard InChI is InChI=1S/C13H29NOS/c1-6-8-12(14-5)13(7-2)16(15)10-9-11(3)4/h11-14H,6-10H2,1-5H3. The molecular weight excluding hydrogens is 218 g/mol. The molecule has 0 bridgehead atoms. The van der Waals surface area contributed by atoms with Crippen molar-refractivity contribution in [3.05, 3.63) is 0 Å². The van der Waals surface area contributed by atoms with Crippen molar-refractivity contribution in [1.29, 1.82) is 0 Å². The summed E-state index contributed by atoms with van der Waals surface area (Å²) >= 11 is 0. The molecule has 3 unspecified atom stereocenters. The number of hydrogen-bond acceptors (Lipinski definition) is 2. The first-order valence-corrected chi connectivity index (χ1v) is 7.99. The van der Waals surface area contributed by atoms with Crippen LogP contribution in [0.5, 0.6) is 0 Å². The minimum atomic E-state index is -0.672. The van der Waals surface area contributed by atoms with E-state index in [9.17, 15) is 4.21 Å². The van der Waals surface area contributed by atoms with Gasteiger partial charge in [-0.3, -0.25) is 4.21 Å². The molecule has 0 amide bonds. The number of nitrogens with one attached hydrogen (secondary N) is 1. The molecule has 0 aliphatic rings. The molecule has 0 aromatic rings. The van der Waals surface area contributed by atoms with Crippen LogP contribution >= 0.6 is 0 Å². The minimum Gasteiger partial charge on any atom is -0.316 e. The maximum absolute atomic E-state index is 12.2. The molecule has 98 valence electrons. The van der Waals surface area contributed by atoms with Crippen LogP contribution in [0.2, 0.25) is 0 Å². The average molecular weight is 247 g/mol. The van der Waals surface area contributed by atoms with Gasteiger partial charge in [0.2, 0.25) is 0 Å². The predicted octanol–water partition coefficient (Wildman–Crippen LogP) is 2.95. The largest absolute Gasteiger partial charge is 0.316 e. The second-order valence-corrected chi connectivity index (χ2v) is 6.67. The van der Waals surface area contributed by atoms with E-state index in [2.05, 4.69) is 33.0 Å². The summed E-state index contributed by atoms with van der Waals surface area (Å²) in [5.41, 5.74) is 0. The Morgan fingerprint density at radius 2 is 1.81 bits per heavy atom. The van der Waals surface area contributed by atoms with Gasteiger partial charge in [0.05, 0.1) is 0 Å². The smallest absolute Gasteiger partial charge is 0.0498 e. The highest BCUT2D eigenvalue weighted by Crippen LogP contribution is 2.14. The molecule has 0 aromatic heterocycles. The van der Waals surface area contributed by atoms with E-state index in [-0.39, 0.29) is 0 Å². The topological polar surface area (TPSA) is 29.1 Å². The summed E-state index contributed by atoms with van der Waals surface area (Å²) in [7, 11) is 1.32. The van der Waals surface area contributed by atoms with E-state index in [1.807, 2.05) is 7.05 Å². The van der Waals surface area contributed by atoms with Crippen LogP contribution in [-0.2, 0) is 10.8 Å². The van der Waals surface area contributed by atoms with E-state index in [0.717, 1.165) is 31.4 Å². The third-order valence-electron chi connectivity index (χ3n) is 3.06. The van der Waals surface area contributed by atoms with Gasteiger partial charge in [-0.2, -0.15) is 0 Å². The third kappa shape index (κ3) is 6.00. The van der Waals surface area contributed by atoms with Crippen molar-refractivity contribution in [3.8, 4) is 0 Å². The SMILES string of the molecule is CCCC(NC)C(CC)S(=O)CCC(C)C. The predicted molar refractivity (Wildman–Crippen MR) is 74.3 cm³/mol. The van der Waals surface area contributed by atoms with Gasteiger partial charge in [0, 0.05) is 27.8 Å². The molecule has 3 heteroatoms. The molecule has 0 saturated carbocycles. The Labute approximate surface area is 104 Å².